The molecule has 1 aliphatic rings. The van der Waals surface area contributed by atoms with Gasteiger partial charge in [-0.25, -0.2) is 4.79 Å². The van der Waals surface area contributed by atoms with Crippen molar-refractivity contribution >= 4 is 17.6 Å². The first-order valence-electron chi connectivity index (χ1n) is 6.56. The average Bonchev–Trinajstić information content (AvgIpc) is 2.48. The van der Waals surface area contributed by atoms with Gasteiger partial charge in [0.15, 0.2) is 0 Å². The summed E-state index contributed by atoms with van der Waals surface area (Å²) in [6.07, 6.45) is 1.87. The molecule has 0 aliphatic carbocycles. The Bertz CT molecular complexity index is 560. The molecule has 104 valence electrons. The second-order valence-electron chi connectivity index (χ2n) is 4.48. The third-order valence-electron chi connectivity index (χ3n) is 3.18. The van der Waals surface area contributed by atoms with Crippen molar-refractivity contribution in [3.63, 3.8) is 0 Å². The molecule has 0 spiro atoms. The number of carbonyl (C=O) groups is 2. The van der Waals surface area contributed by atoms with Crippen LogP contribution in [0.5, 0.6) is 0 Å². The van der Waals surface area contributed by atoms with E-state index in [0.29, 0.717) is 24.3 Å². The number of rotatable bonds is 4. The molecule has 4 heteroatoms. The van der Waals surface area contributed by atoms with E-state index in [9.17, 15) is 9.59 Å². The van der Waals surface area contributed by atoms with Gasteiger partial charge in [0.05, 0.1) is 23.8 Å². The van der Waals surface area contributed by atoms with E-state index in [1.807, 2.05) is 30.3 Å². The number of carbonyl (C=O) groups excluding carboxylic acids is 2. The molecule has 4 nitrogen and oxygen atoms in total. The normalized spacial score (nSPS) is 18.4. The third kappa shape index (κ3) is 2.79. The molecule has 0 aromatic heterocycles. The van der Waals surface area contributed by atoms with E-state index in [0.717, 1.165) is 5.56 Å². The Morgan fingerprint density at radius 1 is 1.45 bits per heavy atom. The molecular weight excluding hydrogens is 254 g/mol. The van der Waals surface area contributed by atoms with Crippen LogP contribution >= 0.6 is 0 Å². The fraction of sp³-hybridized carbons (Fsp3) is 0.250. The average molecular weight is 271 g/mol. The van der Waals surface area contributed by atoms with E-state index in [4.69, 9.17) is 4.74 Å². The summed E-state index contributed by atoms with van der Waals surface area (Å²) in [5, 5.41) is 2.79. The van der Waals surface area contributed by atoms with Crippen LogP contribution in [0.4, 0.5) is 0 Å². The highest BCUT2D eigenvalue weighted by molar-refractivity contribution is 6.04. The Morgan fingerprint density at radius 3 is 2.75 bits per heavy atom. The summed E-state index contributed by atoms with van der Waals surface area (Å²) < 4.78 is 5.08. The first-order valence-corrected chi connectivity index (χ1v) is 6.56. The Kier molecular flexibility index (Phi) is 4.35. The van der Waals surface area contributed by atoms with Crippen LogP contribution < -0.4 is 5.32 Å². The maximum Gasteiger partial charge on any atom is 0.336 e. The van der Waals surface area contributed by atoms with E-state index in [1.54, 1.807) is 13.0 Å². The van der Waals surface area contributed by atoms with E-state index in [1.165, 1.54) is 0 Å². The monoisotopic (exact) mass is 271 g/mol. The van der Waals surface area contributed by atoms with E-state index < -0.39 is 11.9 Å². The van der Waals surface area contributed by atoms with Crippen molar-refractivity contribution in [2.75, 3.05) is 6.61 Å². The molecule has 0 saturated carbocycles. The van der Waals surface area contributed by atoms with Gasteiger partial charge < -0.3 is 10.1 Å². The van der Waals surface area contributed by atoms with Crippen LogP contribution in [0.25, 0.3) is 5.70 Å². The standard InChI is InChI=1S/C16H17NO3/c1-3-11-10-13(16(19)20-4-2)14(17-15(11)18)12-8-6-5-7-9-12/h3,5-9,11H,1,4,10H2,2H3,(H,17,18)/t11-/m0/s1. The van der Waals surface area contributed by atoms with Gasteiger partial charge in [-0.05, 0) is 18.9 Å². The van der Waals surface area contributed by atoms with Gasteiger partial charge in [-0.3, -0.25) is 4.79 Å². The van der Waals surface area contributed by atoms with Crippen LogP contribution in [0.2, 0.25) is 0 Å². The molecule has 1 aromatic carbocycles. The lowest BCUT2D eigenvalue weighted by Crippen LogP contribution is -2.36. The summed E-state index contributed by atoms with van der Waals surface area (Å²) in [6, 6.07) is 9.30. The first-order chi connectivity index (χ1) is 9.67. The fourth-order valence-corrected chi connectivity index (χ4v) is 2.15. The van der Waals surface area contributed by atoms with E-state index in [-0.39, 0.29) is 5.91 Å². The van der Waals surface area contributed by atoms with Gasteiger partial charge in [0.1, 0.15) is 0 Å². The van der Waals surface area contributed by atoms with Crippen molar-refractivity contribution < 1.29 is 14.3 Å². The Hall–Kier alpha value is -2.36. The summed E-state index contributed by atoms with van der Waals surface area (Å²) in [5.41, 5.74) is 1.82. The van der Waals surface area contributed by atoms with Gasteiger partial charge in [0, 0.05) is 0 Å². The maximum atomic E-state index is 12.1. The van der Waals surface area contributed by atoms with Crippen LogP contribution in [-0.4, -0.2) is 18.5 Å². The molecule has 1 heterocycles. The smallest absolute Gasteiger partial charge is 0.336 e. The highest BCUT2D eigenvalue weighted by Gasteiger charge is 2.30. The minimum Gasteiger partial charge on any atom is -0.463 e. The molecule has 1 atom stereocenters. The first kappa shape index (κ1) is 14.1. The van der Waals surface area contributed by atoms with E-state index in [2.05, 4.69) is 11.9 Å². The van der Waals surface area contributed by atoms with Gasteiger partial charge in [-0.2, -0.15) is 0 Å². The van der Waals surface area contributed by atoms with Gasteiger partial charge >= 0.3 is 5.97 Å². The molecule has 1 N–H and O–H groups in total. The number of hydrogen-bond acceptors (Lipinski definition) is 3. The van der Waals surface area contributed by atoms with Gasteiger partial charge in [-0.15, -0.1) is 6.58 Å². The molecule has 0 fully saturated rings. The Morgan fingerprint density at radius 2 is 2.15 bits per heavy atom. The number of nitrogens with one attached hydrogen (secondary N) is 1. The maximum absolute atomic E-state index is 12.1. The minimum absolute atomic E-state index is 0.146. The number of benzene rings is 1. The summed E-state index contributed by atoms with van der Waals surface area (Å²) in [5.74, 6) is -0.938. The molecule has 0 saturated heterocycles. The second kappa shape index (κ2) is 6.19. The number of esters is 1. The number of amides is 1. The molecule has 1 aromatic rings. The quantitative estimate of drug-likeness (QED) is 0.675. The van der Waals surface area contributed by atoms with Crippen molar-refractivity contribution in [1.29, 1.82) is 0 Å². The molecule has 1 amide bonds. The number of ether oxygens (including phenoxy) is 1. The SMILES string of the molecule is C=C[C@H]1CC(C(=O)OCC)=C(c2ccccc2)NC1=O. The van der Waals surface area contributed by atoms with Crippen LogP contribution in [0.3, 0.4) is 0 Å². The predicted octanol–water partition coefficient (Wildman–Crippen LogP) is 2.28. The molecule has 2 rings (SSSR count). The molecular formula is C16H17NO3. The molecule has 0 bridgehead atoms. The lowest BCUT2D eigenvalue weighted by atomic mass is 9.91. The highest BCUT2D eigenvalue weighted by Crippen LogP contribution is 2.28. The van der Waals surface area contributed by atoms with Crippen LogP contribution in [0, 0.1) is 5.92 Å². The highest BCUT2D eigenvalue weighted by atomic mass is 16.5. The molecule has 0 unspecified atom stereocenters. The molecule has 1 aliphatic heterocycles. The van der Waals surface area contributed by atoms with Gasteiger partial charge in [0.2, 0.25) is 5.91 Å². The lowest BCUT2D eigenvalue weighted by molar-refractivity contribution is -0.138. The fourth-order valence-electron chi connectivity index (χ4n) is 2.15. The summed E-state index contributed by atoms with van der Waals surface area (Å²) >= 11 is 0. The lowest BCUT2D eigenvalue weighted by Gasteiger charge is -2.24. The zero-order valence-electron chi connectivity index (χ0n) is 11.4. The summed E-state index contributed by atoms with van der Waals surface area (Å²) in [6.45, 7) is 5.70. The van der Waals surface area contributed by atoms with Gasteiger partial charge in [0.25, 0.3) is 0 Å². The number of hydrogen-bond donors (Lipinski definition) is 1. The van der Waals surface area contributed by atoms with Crippen LogP contribution in [0.1, 0.15) is 18.9 Å². The van der Waals surface area contributed by atoms with Crippen molar-refractivity contribution in [2.24, 2.45) is 5.92 Å². The topological polar surface area (TPSA) is 55.4 Å². The van der Waals surface area contributed by atoms with E-state index >= 15 is 0 Å². The molecule has 0 radical (unpaired) electrons. The van der Waals surface area contributed by atoms with Crippen molar-refractivity contribution in [3.05, 3.63) is 54.1 Å². The third-order valence-corrected chi connectivity index (χ3v) is 3.18. The van der Waals surface area contributed by atoms with Crippen LogP contribution in [0.15, 0.2) is 48.6 Å². The zero-order valence-corrected chi connectivity index (χ0v) is 11.4. The largest absolute Gasteiger partial charge is 0.463 e. The van der Waals surface area contributed by atoms with Crippen LogP contribution in [-0.2, 0) is 14.3 Å². The van der Waals surface area contributed by atoms with Crippen molar-refractivity contribution in [3.8, 4) is 0 Å². The Labute approximate surface area is 118 Å². The summed E-state index contributed by atoms with van der Waals surface area (Å²) in [7, 11) is 0. The Balaban J connectivity index is 2.46. The predicted molar refractivity (Wildman–Crippen MR) is 76.4 cm³/mol. The minimum atomic E-state index is -0.401. The van der Waals surface area contributed by atoms with Crippen molar-refractivity contribution in [2.45, 2.75) is 13.3 Å². The zero-order chi connectivity index (χ0) is 14.5. The van der Waals surface area contributed by atoms with Crippen molar-refractivity contribution in [1.82, 2.24) is 5.32 Å². The summed E-state index contributed by atoms with van der Waals surface area (Å²) in [4.78, 5) is 24.1. The second-order valence-corrected chi connectivity index (χ2v) is 4.48. The van der Waals surface area contributed by atoms with Gasteiger partial charge in [-0.1, -0.05) is 36.4 Å². The molecule has 20 heavy (non-hydrogen) atoms.